The zero-order valence-corrected chi connectivity index (χ0v) is 10.4. The van der Waals surface area contributed by atoms with Crippen molar-refractivity contribution in [1.29, 1.82) is 0 Å². The summed E-state index contributed by atoms with van der Waals surface area (Å²) in [5.74, 6) is -0.668. The number of nitrogen functional groups attached to an aromatic ring is 1. The van der Waals surface area contributed by atoms with Crippen LogP contribution in [0.1, 0.15) is 5.56 Å². The molecule has 0 aliphatic carbocycles. The average Bonchev–Trinajstić information content (AvgIpc) is 2.41. The van der Waals surface area contributed by atoms with Crippen LogP contribution in [0.4, 0.5) is 16.3 Å². The predicted molar refractivity (Wildman–Crippen MR) is 74.3 cm³/mol. The van der Waals surface area contributed by atoms with Crippen molar-refractivity contribution in [3.05, 3.63) is 52.6 Å². The third-order valence-corrected chi connectivity index (χ3v) is 2.41. The summed E-state index contributed by atoms with van der Waals surface area (Å²) in [5, 5.41) is 0. The van der Waals surface area contributed by atoms with E-state index in [0.717, 1.165) is 5.56 Å². The Hall–Kier alpha value is -2.77. The lowest BCUT2D eigenvalue weighted by Gasteiger charge is -2.09. The van der Waals surface area contributed by atoms with Crippen LogP contribution in [0, 0.1) is 0 Å². The molecule has 1 aromatic heterocycles. The van der Waals surface area contributed by atoms with Crippen LogP contribution in [-0.4, -0.2) is 23.4 Å². The Morgan fingerprint density at radius 3 is 2.65 bits per heavy atom. The number of nitrogens with zero attached hydrogens (tertiary/aromatic N) is 2. The molecule has 7 nitrogen and oxygen atoms in total. The highest BCUT2D eigenvalue weighted by molar-refractivity contribution is 6.55. The number of nitrogens with two attached hydrogens (primary N) is 1. The van der Waals surface area contributed by atoms with E-state index in [-0.39, 0.29) is 12.4 Å². The average molecular weight is 270 g/mol. The van der Waals surface area contributed by atoms with Crippen LogP contribution < -0.4 is 16.8 Å². The first-order valence-corrected chi connectivity index (χ1v) is 5.68. The number of ether oxygens (including phenoxy) is 1. The van der Waals surface area contributed by atoms with Gasteiger partial charge in [0, 0.05) is 6.20 Å². The topological polar surface area (TPSA) is 99.2 Å². The lowest BCUT2D eigenvalue weighted by Crippen LogP contribution is -2.28. The Balaban J connectivity index is 2.07. The molecule has 100 valence electrons. The fraction of sp³-hybridized carbons (Fsp3) is 0.0833. The van der Waals surface area contributed by atoms with Crippen molar-refractivity contribution in [3.8, 4) is 0 Å². The Morgan fingerprint density at radius 2 is 2.05 bits per heavy atom. The van der Waals surface area contributed by atoms with E-state index in [4.69, 9.17) is 13.6 Å². The van der Waals surface area contributed by atoms with Gasteiger partial charge in [-0.3, -0.25) is 10.2 Å². The summed E-state index contributed by atoms with van der Waals surface area (Å²) < 4.78 is 5.86. The molecule has 0 saturated carbocycles. The summed E-state index contributed by atoms with van der Waals surface area (Å²) in [6.45, 7) is 0.0962. The molecule has 8 heteroatoms. The number of rotatable bonds is 4. The molecule has 0 saturated heterocycles. The van der Waals surface area contributed by atoms with Gasteiger partial charge >= 0.3 is 5.69 Å². The number of anilines is 2. The first-order chi connectivity index (χ1) is 9.54. The second kappa shape index (κ2) is 5.92. The van der Waals surface area contributed by atoms with Crippen LogP contribution in [0.25, 0.3) is 0 Å². The number of carbonyl (C=O) groups is 1. The number of aromatic nitrogens is 2. The van der Waals surface area contributed by atoms with Crippen molar-refractivity contribution in [2.24, 2.45) is 0 Å². The highest BCUT2D eigenvalue weighted by Gasteiger charge is 2.00. The second-order valence-electron chi connectivity index (χ2n) is 3.92. The molecular weight excluding hydrogens is 259 g/mol. The van der Waals surface area contributed by atoms with Crippen LogP contribution in [-0.2, 0) is 11.3 Å². The van der Waals surface area contributed by atoms with E-state index in [0.29, 0.717) is 5.69 Å². The molecule has 2 aromatic rings. The number of benzene rings is 1. The number of hydrogen-bond acceptors (Lipinski definition) is 6. The van der Waals surface area contributed by atoms with Gasteiger partial charge in [0.05, 0.1) is 5.69 Å². The summed E-state index contributed by atoms with van der Waals surface area (Å²) >= 11 is 0. The van der Waals surface area contributed by atoms with Gasteiger partial charge in [0.1, 0.15) is 12.4 Å². The summed E-state index contributed by atoms with van der Waals surface area (Å²) in [5.41, 5.74) is 9.17. The molecule has 2 radical (unpaired) electrons. The molecule has 1 heterocycles. The highest BCUT2D eigenvalue weighted by atomic mass is 16.5. The van der Waals surface area contributed by atoms with Crippen molar-refractivity contribution >= 4 is 25.2 Å². The molecule has 0 aliphatic rings. The van der Waals surface area contributed by atoms with Crippen LogP contribution >= 0.6 is 0 Å². The summed E-state index contributed by atoms with van der Waals surface area (Å²) in [7, 11) is 4.87. The lowest BCUT2D eigenvalue weighted by atomic mass is 10.2. The Labute approximate surface area is 115 Å². The number of carbonyl (C=O) groups excluding carboxylic acids is 1. The van der Waals surface area contributed by atoms with Crippen LogP contribution in [0.5, 0.6) is 0 Å². The molecule has 0 amide bonds. The molecule has 0 atom stereocenters. The van der Waals surface area contributed by atoms with E-state index in [2.05, 4.69) is 15.1 Å². The van der Waals surface area contributed by atoms with Crippen LogP contribution in [0.2, 0.25) is 0 Å². The van der Waals surface area contributed by atoms with Gasteiger partial charge in [0.2, 0.25) is 13.7 Å². The van der Waals surface area contributed by atoms with Crippen molar-refractivity contribution in [2.75, 3.05) is 11.2 Å². The smallest absolute Gasteiger partial charge is 0.368 e. The maximum atomic E-state index is 11.5. The summed E-state index contributed by atoms with van der Waals surface area (Å²) in [4.78, 5) is 25.6. The van der Waals surface area contributed by atoms with E-state index < -0.39 is 11.6 Å². The van der Waals surface area contributed by atoms with Gasteiger partial charge in [-0.15, -0.1) is 0 Å². The molecule has 2 rings (SSSR count). The third-order valence-electron chi connectivity index (χ3n) is 2.41. The molecule has 0 aliphatic heterocycles. The molecule has 20 heavy (non-hydrogen) atoms. The normalized spacial score (nSPS) is 10.0. The lowest BCUT2D eigenvalue weighted by molar-refractivity contribution is 0.167. The molecular formula is C12H11BN4O3. The van der Waals surface area contributed by atoms with Crippen molar-refractivity contribution in [2.45, 2.75) is 6.61 Å². The fourth-order valence-electron chi connectivity index (χ4n) is 1.47. The summed E-state index contributed by atoms with van der Waals surface area (Å²) in [6.07, 6.45) is 1.48. The van der Waals surface area contributed by atoms with Crippen molar-refractivity contribution < 1.29 is 9.53 Å². The molecule has 0 spiro atoms. The zero-order chi connectivity index (χ0) is 14.5. The van der Waals surface area contributed by atoms with E-state index in [1.807, 2.05) is 0 Å². The molecule has 1 aromatic carbocycles. The second-order valence-corrected chi connectivity index (χ2v) is 3.92. The Kier molecular flexibility index (Phi) is 4.04. The van der Waals surface area contributed by atoms with Crippen molar-refractivity contribution in [3.63, 3.8) is 0 Å². The van der Waals surface area contributed by atoms with E-state index >= 15 is 0 Å². The van der Waals surface area contributed by atoms with Crippen LogP contribution in [0.3, 0.4) is 0 Å². The maximum absolute atomic E-state index is 11.5. The SMILES string of the molecule is [B]C(=O)OCc1ccc(Nn2ccc(N)nc2=O)cc1. The fourth-order valence-corrected chi connectivity index (χ4v) is 1.47. The summed E-state index contributed by atoms with van der Waals surface area (Å²) in [6, 6.07) is 8.43. The maximum Gasteiger partial charge on any atom is 0.368 e. The third kappa shape index (κ3) is 3.61. The Bertz CT molecular complexity index is 669. The molecule has 0 unspecified atom stereocenters. The molecule has 3 N–H and O–H groups in total. The highest BCUT2D eigenvalue weighted by Crippen LogP contribution is 2.10. The van der Waals surface area contributed by atoms with E-state index in [1.54, 1.807) is 24.3 Å². The van der Waals surface area contributed by atoms with Crippen LogP contribution in [0.15, 0.2) is 41.3 Å². The van der Waals surface area contributed by atoms with Gasteiger partial charge in [-0.25, -0.2) is 9.47 Å². The van der Waals surface area contributed by atoms with E-state index in [1.165, 1.54) is 16.9 Å². The van der Waals surface area contributed by atoms with Gasteiger partial charge < -0.3 is 10.5 Å². The van der Waals surface area contributed by atoms with Gasteiger partial charge in [0.15, 0.2) is 0 Å². The monoisotopic (exact) mass is 270 g/mol. The minimum atomic E-state index is -0.827. The number of hydrogen-bond donors (Lipinski definition) is 2. The molecule has 0 bridgehead atoms. The Morgan fingerprint density at radius 1 is 1.35 bits per heavy atom. The van der Waals surface area contributed by atoms with Gasteiger partial charge in [-0.05, 0) is 23.8 Å². The van der Waals surface area contributed by atoms with Gasteiger partial charge in [-0.1, -0.05) is 12.1 Å². The quantitative estimate of drug-likeness (QED) is 0.785. The minimum Gasteiger partial charge on any atom is -0.470 e. The minimum absolute atomic E-state index is 0.0962. The van der Waals surface area contributed by atoms with E-state index in [9.17, 15) is 9.59 Å². The standard InChI is InChI=1S/C12H11BN4O3/c13-11(18)20-7-8-1-3-9(4-2-8)16-17-6-5-10(14)15-12(17)19/h1-6,16H,7H2,(H2,14,15,19). The molecule has 0 fully saturated rings. The first-order valence-electron chi connectivity index (χ1n) is 5.68. The predicted octanol–water partition coefficient (Wildman–Crippen LogP) is 0.506. The zero-order valence-electron chi connectivity index (χ0n) is 10.4. The number of nitrogens with one attached hydrogen (secondary N) is 1. The van der Waals surface area contributed by atoms with Gasteiger partial charge in [0.25, 0.3) is 0 Å². The largest absolute Gasteiger partial charge is 0.470 e. The van der Waals surface area contributed by atoms with Gasteiger partial charge in [-0.2, -0.15) is 4.98 Å². The first kappa shape index (κ1) is 13.7. The van der Waals surface area contributed by atoms with Crippen molar-refractivity contribution in [1.82, 2.24) is 9.66 Å².